The van der Waals surface area contributed by atoms with E-state index in [2.05, 4.69) is 0 Å². The van der Waals surface area contributed by atoms with Gasteiger partial charge in [0.15, 0.2) is 0 Å². The van der Waals surface area contributed by atoms with Crippen molar-refractivity contribution < 1.29 is 9.13 Å². The molecule has 1 aromatic carbocycles. The van der Waals surface area contributed by atoms with E-state index in [1.165, 1.54) is 9.44 Å². The Morgan fingerprint density at radius 2 is 2.08 bits per heavy atom. The number of aryl methyl sites for hydroxylation is 2. The lowest BCUT2D eigenvalue weighted by Crippen LogP contribution is -2.26. The van der Waals surface area contributed by atoms with Crippen LogP contribution in [0.5, 0.6) is 5.75 Å². The second-order valence-electron chi connectivity index (χ2n) is 6.55. The minimum absolute atomic E-state index is 0.0386. The second-order valence-corrected chi connectivity index (χ2v) is 7.64. The average molecular weight is 372 g/mol. The van der Waals surface area contributed by atoms with Crippen LogP contribution in [0.4, 0.5) is 4.39 Å². The molecule has 0 aliphatic heterocycles. The highest BCUT2D eigenvalue weighted by atomic mass is 32.1. The fourth-order valence-electron chi connectivity index (χ4n) is 3.75. The first-order valence-electron chi connectivity index (χ1n) is 8.94. The fraction of sp³-hybridized carbons (Fsp3) is 0.400. The molecule has 0 saturated heterocycles. The van der Waals surface area contributed by atoms with Gasteiger partial charge in [0.1, 0.15) is 23.1 Å². The van der Waals surface area contributed by atoms with E-state index < -0.39 is 6.67 Å². The SMILES string of the molecule is COc1ccccc1Cc1nc2sc3c(c2c(=O)n1CCF)CCCC3. The highest BCUT2D eigenvalue weighted by molar-refractivity contribution is 7.18. The van der Waals surface area contributed by atoms with E-state index in [0.29, 0.717) is 17.6 Å². The molecule has 136 valence electrons. The topological polar surface area (TPSA) is 44.1 Å². The van der Waals surface area contributed by atoms with Crippen LogP contribution in [0.25, 0.3) is 10.2 Å². The van der Waals surface area contributed by atoms with Crippen molar-refractivity contribution in [1.29, 1.82) is 0 Å². The van der Waals surface area contributed by atoms with Gasteiger partial charge in [0.25, 0.3) is 5.56 Å². The molecule has 4 nitrogen and oxygen atoms in total. The van der Waals surface area contributed by atoms with Gasteiger partial charge in [0.2, 0.25) is 0 Å². The van der Waals surface area contributed by atoms with E-state index >= 15 is 0 Å². The number of hydrogen-bond donors (Lipinski definition) is 0. The first-order valence-corrected chi connectivity index (χ1v) is 9.76. The molecule has 2 aromatic heterocycles. The monoisotopic (exact) mass is 372 g/mol. The summed E-state index contributed by atoms with van der Waals surface area (Å²) in [5.41, 5.74) is 1.98. The minimum atomic E-state index is -0.585. The summed E-state index contributed by atoms with van der Waals surface area (Å²) in [6, 6.07) is 7.67. The van der Waals surface area contributed by atoms with E-state index in [4.69, 9.17) is 9.72 Å². The molecule has 0 spiro atoms. The maximum atomic E-state index is 13.2. The molecule has 1 aliphatic rings. The Hall–Kier alpha value is -2.21. The van der Waals surface area contributed by atoms with Crippen LogP contribution in [0.3, 0.4) is 0 Å². The Balaban J connectivity index is 1.88. The summed E-state index contributed by atoms with van der Waals surface area (Å²) in [6.45, 7) is -0.546. The van der Waals surface area contributed by atoms with Crippen molar-refractivity contribution in [2.45, 2.75) is 38.6 Å². The Bertz CT molecular complexity index is 1010. The molecule has 6 heteroatoms. The van der Waals surface area contributed by atoms with Gasteiger partial charge in [-0.25, -0.2) is 9.37 Å². The normalized spacial score (nSPS) is 13.8. The number of alkyl halides is 1. The quantitative estimate of drug-likeness (QED) is 0.682. The Labute approximate surface area is 155 Å². The molecule has 2 heterocycles. The van der Waals surface area contributed by atoms with Crippen LogP contribution >= 0.6 is 11.3 Å². The number of aromatic nitrogens is 2. The second kappa shape index (κ2) is 7.19. The van der Waals surface area contributed by atoms with Gasteiger partial charge in [-0.3, -0.25) is 9.36 Å². The summed E-state index contributed by atoms with van der Waals surface area (Å²) >= 11 is 1.63. The van der Waals surface area contributed by atoms with Crippen LogP contribution in [-0.4, -0.2) is 23.3 Å². The fourth-order valence-corrected chi connectivity index (χ4v) is 5.02. The molecular formula is C20H21FN2O2S. The Morgan fingerprint density at radius 3 is 2.88 bits per heavy atom. The van der Waals surface area contributed by atoms with E-state index in [9.17, 15) is 9.18 Å². The third kappa shape index (κ3) is 2.92. The Kier molecular flexibility index (Phi) is 4.76. The number of fused-ring (bicyclic) bond motifs is 3. The predicted octanol–water partition coefficient (Wildman–Crippen LogP) is 3.91. The van der Waals surface area contributed by atoms with E-state index in [0.717, 1.165) is 47.4 Å². The summed E-state index contributed by atoms with van der Waals surface area (Å²) in [4.78, 5) is 20.0. The van der Waals surface area contributed by atoms with Crippen LogP contribution < -0.4 is 10.3 Å². The minimum Gasteiger partial charge on any atom is -0.496 e. The number of hydrogen-bond acceptors (Lipinski definition) is 4. The molecular weight excluding hydrogens is 351 g/mol. The number of thiophene rings is 1. The molecule has 26 heavy (non-hydrogen) atoms. The van der Waals surface area contributed by atoms with Crippen molar-refractivity contribution in [1.82, 2.24) is 9.55 Å². The summed E-state index contributed by atoms with van der Waals surface area (Å²) in [5.74, 6) is 1.35. The van der Waals surface area contributed by atoms with Gasteiger partial charge in [-0.1, -0.05) is 18.2 Å². The number of halogens is 1. The van der Waals surface area contributed by atoms with Crippen molar-refractivity contribution in [3.63, 3.8) is 0 Å². The van der Waals surface area contributed by atoms with Crippen LogP contribution in [0, 0.1) is 0 Å². The molecule has 0 radical (unpaired) electrons. The van der Waals surface area contributed by atoms with Crippen molar-refractivity contribution in [3.05, 3.63) is 56.4 Å². The van der Waals surface area contributed by atoms with Gasteiger partial charge in [-0.2, -0.15) is 0 Å². The highest BCUT2D eigenvalue weighted by Crippen LogP contribution is 2.34. The lowest BCUT2D eigenvalue weighted by Gasteiger charge is -2.14. The van der Waals surface area contributed by atoms with Gasteiger partial charge in [-0.05, 0) is 37.3 Å². The summed E-state index contributed by atoms with van der Waals surface area (Å²) in [6.07, 6.45) is 4.64. The summed E-state index contributed by atoms with van der Waals surface area (Å²) in [5, 5.41) is 0.710. The molecule has 0 fully saturated rings. The molecule has 0 atom stereocenters. The van der Waals surface area contributed by atoms with Crippen molar-refractivity contribution >= 4 is 21.6 Å². The number of ether oxygens (including phenoxy) is 1. The number of rotatable bonds is 5. The number of benzene rings is 1. The van der Waals surface area contributed by atoms with Gasteiger partial charge >= 0.3 is 0 Å². The van der Waals surface area contributed by atoms with Crippen LogP contribution in [0.2, 0.25) is 0 Å². The van der Waals surface area contributed by atoms with Crippen LogP contribution in [0.1, 0.15) is 34.7 Å². The largest absolute Gasteiger partial charge is 0.496 e. The smallest absolute Gasteiger partial charge is 0.262 e. The molecule has 3 aromatic rings. The molecule has 0 saturated carbocycles. The molecule has 0 N–H and O–H groups in total. The number of para-hydroxylation sites is 1. The Morgan fingerprint density at radius 1 is 1.27 bits per heavy atom. The van der Waals surface area contributed by atoms with Crippen molar-refractivity contribution in [2.24, 2.45) is 0 Å². The lowest BCUT2D eigenvalue weighted by molar-refractivity contribution is 0.408. The van der Waals surface area contributed by atoms with Gasteiger partial charge < -0.3 is 4.74 Å². The standard InChI is InChI=1S/C20H21FN2O2S/c1-25-15-8-4-2-6-13(15)12-17-22-19-18(20(24)23(17)11-10-21)14-7-3-5-9-16(14)26-19/h2,4,6,8H,3,5,7,9-12H2,1H3. The van der Waals surface area contributed by atoms with Crippen molar-refractivity contribution in [3.8, 4) is 5.75 Å². The average Bonchev–Trinajstić information content (AvgIpc) is 3.03. The highest BCUT2D eigenvalue weighted by Gasteiger charge is 2.22. The zero-order valence-corrected chi connectivity index (χ0v) is 15.6. The first-order chi connectivity index (χ1) is 12.7. The summed E-state index contributed by atoms with van der Waals surface area (Å²) < 4.78 is 20.1. The predicted molar refractivity (Wildman–Crippen MR) is 102 cm³/mol. The first kappa shape index (κ1) is 17.2. The molecule has 0 unspecified atom stereocenters. The molecule has 0 amide bonds. The van der Waals surface area contributed by atoms with Crippen LogP contribution in [0.15, 0.2) is 29.1 Å². The van der Waals surface area contributed by atoms with Gasteiger partial charge in [0.05, 0.1) is 19.0 Å². The third-order valence-electron chi connectivity index (χ3n) is 5.00. The maximum Gasteiger partial charge on any atom is 0.262 e. The zero-order chi connectivity index (χ0) is 18.1. The zero-order valence-electron chi connectivity index (χ0n) is 14.8. The van der Waals surface area contributed by atoms with Crippen LogP contribution in [-0.2, 0) is 25.8 Å². The maximum absolute atomic E-state index is 13.2. The van der Waals surface area contributed by atoms with E-state index in [1.54, 1.807) is 18.4 Å². The van der Waals surface area contributed by atoms with Crippen molar-refractivity contribution in [2.75, 3.05) is 13.8 Å². The summed E-state index contributed by atoms with van der Waals surface area (Å²) in [7, 11) is 1.62. The number of nitrogens with zero attached hydrogens (tertiary/aromatic N) is 2. The van der Waals surface area contributed by atoms with E-state index in [1.807, 2.05) is 24.3 Å². The third-order valence-corrected chi connectivity index (χ3v) is 6.19. The lowest BCUT2D eigenvalue weighted by atomic mass is 9.97. The molecule has 0 bridgehead atoms. The molecule has 4 rings (SSSR count). The van der Waals surface area contributed by atoms with Gasteiger partial charge in [-0.15, -0.1) is 11.3 Å². The van der Waals surface area contributed by atoms with Gasteiger partial charge in [0, 0.05) is 16.9 Å². The molecule has 1 aliphatic carbocycles. The number of methoxy groups -OCH3 is 1. The van der Waals surface area contributed by atoms with E-state index in [-0.39, 0.29) is 12.1 Å².